The molecule has 0 unspecified atom stereocenters. The number of nitro benzene ring substituents is 1. The second-order valence-corrected chi connectivity index (χ2v) is 5.00. The highest BCUT2D eigenvalue weighted by atomic mass is 16.6. The predicted octanol–water partition coefficient (Wildman–Crippen LogP) is 3.22. The lowest BCUT2D eigenvalue weighted by atomic mass is 9.86. The van der Waals surface area contributed by atoms with Crippen molar-refractivity contribution >= 4 is 16.5 Å². The summed E-state index contributed by atoms with van der Waals surface area (Å²) in [5.41, 5.74) is 1.45. The number of piperidine rings is 1. The molecule has 1 heterocycles. The molecule has 3 rings (SSSR count). The zero-order valence-corrected chi connectivity index (χ0v) is 10.6. The quantitative estimate of drug-likeness (QED) is 0.663. The van der Waals surface area contributed by atoms with Crippen LogP contribution >= 0.6 is 0 Å². The van der Waals surface area contributed by atoms with Crippen molar-refractivity contribution in [3.8, 4) is 0 Å². The standard InChI is InChI=1S/C15H16N2O2/c18-17(19)15-6-5-12(11-7-9-16-10-8-11)13-3-1-2-4-14(13)15/h1-6,11,16H,7-10H2. The first-order valence-electron chi connectivity index (χ1n) is 6.64. The van der Waals surface area contributed by atoms with Crippen LogP contribution in [0.25, 0.3) is 10.8 Å². The molecular weight excluding hydrogens is 240 g/mol. The molecule has 0 aliphatic carbocycles. The van der Waals surface area contributed by atoms with E-state index in [1.165, 1.54) is 5.56 Å². The van der Waals surface area contributed by atoms with Crippen LogP contribution in [0.5, 0.6) is 0 Å². The summed E-state index contributed by atoms with van der Waals surface area (Å²) in [7, 11) is 0. The normalized spacial score (nSPS) is 16.6. The minimum absolute atomic E-state index is 0.202. The Hall–Kier alpha value is -1.94. The molecule has 2 aromatic rings. The molecule has 0 radical (unpaired) electrons. The molecule has 0 amide bonds. The van der Waals surface area contributed by atoms with Crippen LogP contribution in [0.1, 0.15) is 24.3 Å². The van der Waals surface area contributed by atoms with Crippen molar-refractivity contribution in [2.75, 3.05) is 13.1 Å². The average Bonchev–Trinajstić information content (AvgIpc) is 2.47. The number of nitrogens with zero attached hydrogens (tertiary/aromatic N) is 1. The molecule has 0 atom stereocenters. The van der Waals surface area contributed by atoms with Crippen molar-refractivity contribution in [1.29, 1.82) is 0 Å². The van der Waals surface area contributed by atoms with Crippen molar-refractivity contribution in [3.05, 3.63) is 52.1 Å². The summed E-state index contributed by atoms with van der Waals surface area (Å²) in [5.74, 6) is 0.506. The highest BCUT2D eigenvalue weighted by molar-refractivity contribution is 5.93. The first kappa shape index (κ1) is 12.1. The molecule has 0 aromatic heterocycles. The Bertz CT molecular complexity index is 619. The van der Waals surface area contributed by atoms with Gasteiger partial charge in [0.2, 0.25) is 0 Å². The molecule has 19 heavy (non-hydrogen) atoms. The minimum Gasteiger partial charge on any atom is -0.317 e. The zero-order valence-electron chi connectivity index (χ0n) is 10.6. The van der Waals surface area contributed by atoms with Crippen molar-refractivity contribution in [1.82, 2.24) is 5.32 Å². The summed E-state index contributed by atoms with van der Waals surface area (Å²) < 4.78 is 0. The van der Waals surface area contributed by atoms with Gasteiger partial charge >= 0.3 is 0 Å². The lowest BCUT2D eigenvalue weighted by Gasteiger charge is -2.24. The lowest BCUT2D eigenvalue weighted by molar-refractivity contribution is -0.383. The third kappa shape index (κ3) is 2.19. The van der Waals surface area contributed by atoms with Gasteiger partial charge in [0, 0.05) is 6.07 Å². The Balaban J connectivity index is 2.15. The maximum absolute atomic E-state index is 11.1. The van der Waals surface area contributed by atoms with E-state index in [0.29, 0.717) is 5.92 Å². The summed E-state index contributed by atoms with van der Waals surface area (Å²) in [6.07, 6.45) is 2.20. The van der Waals surface area contributed by atoms with Crippen molar-refractivity contribution in [3.63, 3.8) is 0 Å². The van der Waals surface area contributed by atoms with Crippen molar-refractivity contribution in [2.45, 2.75) is 18.8 Å². The fraction of sp³-hybridized carbons (Fsp3) is 0.333. The van der Waals surface area contributed by atoms with Gasteiger partial charge in [0.25, 0.3) is 5.69 Å². The Morgan fingerprint density at radius 1 is 1.05 bits per heavy atom. The molecule has 0 bridgehead atoms. The summed E-state index contributed by atoms with van der Waals surface area (Å²) >= 11 is 0. The highest BCUT2D eigenvalue weighted by Crippen LogP contribution is 2.35. The zero-order chi connectivity index (χ0) is 13.2. The maximum atomic E-state index is 11.1. The van der Waals surface area contributed by atoms with E-state index in [0.717, 1.165) is 36.7 Å². The molecule has 0 saturated carbocycles. The third-order valence-electron chi connectivity index (χ3n) is 3.91. The molecule has 2 aromatic carbocycles. The largest absolute Gasteiger partial charge is 0.317 e. The fourth-order valence-electron chi connectivity index (χ4n) is 2.95. The van der Waals surface area contributed by atoms with Crippen LogP contribution in [0.2, 0.25) is 0 Å². The van der Waals surface area contributed by atoms with Crippen LogP contribution in [0.3, 0.4) is 0 Å². The van der Waals surface area contributed by atoms with Crippen LogP contribution in [-0.4, -0.2) is 18.0 Å². The maximum Gasteiger partial charge on any atom is 0.277 e. The van der Waals surface area contributed by atoms with Crippen molar-refractivity contribution < 1.29 is 4.92 Å². The van der Waals surface area contributed by atoms with E-state index >= 15 is 0 Å². The van der Waals surface area contributed by atoms with Gasteiger partial charge in [-0.1, -0.05) is 24.3 Å². The molecule has 4 nitrogen and oxygen atoms in total. The van der Waals surface area contributed by atoms with Crippen LogP contribution in [0.4, 0.5) is 5.69 Å². The van der Waals surface area contributed by atoms with E-state index in [9.17, 15) is 10.1 Å². The van der Waals surface area contributed by atoms with Gasteiger partial charge in [-0.15, -0.1) is 0 Å². The van der Waals surface area contributed by atoms with Gasteiger partial charge in [0.1, 0.15) is 0 Å². The smallest absolute Gasteiger partial charge is 0.277 e. The fourth-order valence-corrected chi connectivity index (χ4v) is 2.95. The molecule has 0 spiro atoms. The average molecular weight is 256 g/mol. The number of hydrogen-bond donors (Lipinski definition) is 1. The summed E-state index contributed by atoms with van der Waals surface area (Å²) in [5, 5.41) is 16.2. The van der Waals surface area contributed by atoms with E-state index in [1.807, 2.05) is 30.3 Å². The number of nitro groups is 1. The summed E-state index contributed by atoms with van der Waals surface area (Å²) in [6, 6.07) is 11.3. The first-order chi connectivity index (χ1) is 9.27. The SMILES string of the molecule is O=[N+]([O-])c1ccc(C2CCNCC2)c2ccccc12. The second-order valence-electron chi connectivity index (χ2n) is 5.00. The Morgan fingerprint density at radius 2 is 1.74 bits per heavy atom. The first-order valence-corrected chi connectivity index (χ1v) is 6.64. The Labute approximate surface area is 111 Å². The van der Waals surface area contributed by atoms with Gasteiger partial charge in [0.15, 0.2) is 0 Å². The number of hydrogen-bond acceptors (Lipinski definition) is 3. The molecule has 1 fully saturated rings. The summed E-state index contributed by atoms with van der Waals surface area (Å²) in [4.78, 5) is 10.8. The molecule has 4 heteroatoms. The molecule has 98 valence electrons. The van der Waals surface area contributed by atoms with E-state index in [1.54, 1.807) is 6.07 Å². The van der Waals surface area contributed by atoms with Gasteiger partial charge in [-0.25, -0.2) is 0 Å². The van der Waals surface area contributed by atoms with E-state index in [4.69, 9.17) is 0 Å². The van der Waals surface area contributed by atoms with Crippen LogP contribution < -0.4 is 5.32 Å². The van der Waals surface area contributed by atoms with Gasteiger partial charge in [-0.3, -0.25) is 10.1 Å². The van der Waals surface area contributed by atoms with Crippen molar-refractivity contribution in [2.24, 2.45) is 0 Å². The molecule has 1 saturated heterocycles. The topological polar surface area (TPSA) is 55.2 Å². The van der Waals surface area contributed by atoms with E-state index < -0.39 is 0 Å². The number of non-ortho nitro benzene ring substituents is 1. The highest BCUT2D eigenvalue weighted by Gasteiger charge is 2.20. The van der Waals surface area contributed by atoms with E-state index in [2.05, 4.69) is 5.32 Å². The van der Waals surface area contributed by atoms with Gasteiger partial charge < -0.3 is 5.32 Å². The van der Waals surface area contributed by atoms with Gasteiger partial charge in [-0.2, -0.15) is 0 Å². The van der Waals surface area contributed by atoms with E-state index in [-0.39, 0.29) is 10.6 Å². The number of nitrogens with one attached hydrogen (secondary N) is 1. The lowest BCUT2D eigenvalue weighted by Crippen LogP contribution is -2.26. The molecular formula is C15H16N2O2. The second kappa shape index (κ2) is 4.97. The molecule has 1 aliphatic heterocycles. The van der Waals surface area contributed by atoms with Gasteiger partial charge in [-0.05, 0) is 48.9 Å². The monoisotopic (exact) mass is 256 g/mol. The number of fused-ring (bicyclic) bond motifs is 1. The summed E-state index contributed by atoms with van der Waals surface area (Å²) in [6.45, 7) is 2.05. The van der Waals surface area contributed by atoms with Gasteiger partial charge in [0.05, 0.1) is 10.3 Å². The number of benzene rings is 2. The predicted molar refractivity (Wildman–Crippen MR) is 75.4 cm³/mol. The number of rotatable bonds is 2. The molecule has 1 N–H and O–H groups in total. The minimum atomic E-state index is -0.297. The Morgan fingerprint density at radius 3 is 2.42 bits per heavy atom. The Kier molecular flexibility index (Phi) is 3.17. The molecule has 1 aliphatic rings. The third-order valence-corrected chi connectivity index (χ3v) is 3.91. The van der Waals surface area contributed by atoms with Crippen LogP contribution in [0.15, 0.2) is 36.4 Å². The van der Waals surface area contributed by atoms with Crippen LogP contribution in [-0.2, 0) is 0 Å². The van der Waals surface area contributed by atoms with Crippen LogP contribution in [0, 0.1) is 10.1 Å².